The van der Waals surface area contributed by atoms with Crippen LogP contribution in [-0.4, -0.2) is 53.9 Å². The van der Waals surface area contributed by atoms with E-state index in [0.29, 0.717) is 36.2 Å². The lowest BCUT2D eigenvalue weighted by Crippen LogP contribution is -2.41. The van der Waals surface area contributed by atoms with Crippen LogP contribution in [0.1, 0.15) is 18.7 Å². The van der Waals surface area contributed by atoms with E-state index in [2.05, 4.69) is 15.5 Å². The van der Waals surface area contributed by atoms with Gasteiger partial charge in [-0.05, 0) is 37.1 Å². The third kappa shape index (κ3) is 4.93. The van der Waals surface area contributed by atoms with Crippen molar-refractivity contribution in [2.45, 2.75) is 25.4 Å². The van der Waals surface area contributed by atoms with Gasteiger partial charge >= 0.3 is 6.03 Å². The van der Waals surface area contributed by atoms with Crippen LogP contribution < -0.4 is 5.32 Å². The molecule has 8 heteroatoms. The summed E-state index contributed by atoms with van der Waals surface area (Å²) < 4.78 is 10.7. The average molecular weight is 365 g/mol. The van der Waals surface area contributed by atoms with Crippen molar-refractivity contribution in [3.05, 3.63) is 35.1 Å². The maximum absolute atomic E-state index is 12.1. The average Bonchev–Trinajstić information content (AvgIpc) is 3.30. The molecule has 1 aliphatic heterocycles. The zero-order chi connectivity index (χ0) is 17.6. The highest BCUT2D eigenvalue weighted by Gasteiger charge is 2.18. The van der Waals surface area contributed by atoms with Gasteiger partial charge in [0.05, 0.1) is 6.10 Å². The molecule has 0 aliphatic carbocycles. The predicted molar refractivity (Wildman–Crippen MR) is 93.5 cm³/mol. The molecule has 1 aromatic carbocycles. The number of carbonyl (C=O) groups excluding carboxylic acids is 1. The topological polar surface area (TPSA) is 80.5 Å². The molecule has 3 rings (SSSR count). The lowest BCUT2D eigenvalue weighted by molar-refractivity contribution is 0.109. The lowest BCUT2D eigenvalue weighted by Gasteiger charge is -2.18. The molecule has 7 nitrogen and oxygen atoms in total. The molecule has 0 radical (unpaired) electrons. The summed E-state index contributed by atoms with van der Waals surface area (Å²) in [5, 5.41) is 7.49. The molecular formula is C17H21ClN4O3. The molecule has 2 aromatic rings. The van der Waals surface area contributed by atoms with Gasteiger partial charge in [0.2, 0.25) is 0 Å². The summed E-state index contributed by atoms with van der Waals surface area (Å²) in [5.74, 6) is 1.00. The summed E-state index contributed by atoms with van der Waals surface area (Å²) in [4.78, 5) is 18.0. The largest absolute Gasteiger partial charge is 0.376 e. The van der Waals surface area contributed by atoms with Crippen molar-refractivity contribution in [3.63, 3.8) is 0 Å². The van der Waals surface area contributed by atoms with Crippen molar-refractivity contribution in [1.29, 1.82) is 0 Å². The second-order valence-corrected chi connectivity index (χ2v) is 6.45. The zero-order valence-corrected chi connectivity index (χ0v) is 14.8. The first kappa shape index (κ1) is 17.7. The normalized spacial score (nSPS) is 16.8. The molecule has 2 heterocycles. The number of rotatable bonds is 6. The Bertz CT molecular complexity index is 698. The van der Waals surface area contributed by atoms with Crippen LogP contribution >= 0.6 is 11.6 Å². The van der Waals surface area contributed by atoms with Gasteiger partial charge in [0.15, 0.2) is 5.82 Å². The van der Waals surface area contributed by atoms with Crippen molar-refractivity contribution in [3.8, 4) is 11.5 Å². The second kappa shape index (κ2) is 8.31. The summed E-state index contributed by atoms with van der Waals surface area (Å²) in [6.07, 6.45) is 2.71. The molecule has 1 aliphatic rings. The van der Waals surface area contributed by atoms with Gasteiger partial charge in [-0.25, -0.2) is 4.79 Å². The number of benzene rings is 1. The Balaban J connectivity index is 1.46. The van der Waals surface area contributed by atoms with E-state index >= 15 is 0 Å². The van der Waals surface area contributed by atoms with Crippen molar-refractivity contribution in [2.75, 3.05) is 26.7 Å². The monoisotopic (exact) mass is 364 g/mol. The maximum Gasteiger partial charge on any atom is 0.317 e. The van der Waals surface area contributed by atoms with Crippen molar-refractivity contribution in [1.82, 2.24) is 20.4 Å². The van der Waals surface area contributed by atoms with Gasteiger partial charge in [-0.1, -0.05) is 16.8 Å². The van der Waals surface area contributed by atoms with E-state index in [0.717, 1.165) is 25.0 Å². The van der Waals surface area contributed by atoms with Gasteiger partial charge in [-0.2, -0.15) is 4.98 Å². The highest BCUT2D eigenvalue weighted by Crippen LogP contribution is 2.19. The van der Waals surface area contributed by atoms with Crippen LogP contribution in [0.5, 0.6) is 0 Å². The van der Waals surface area contributed by atoms with E-state index in [1.165, 1.54) is 0 Å². The molecule has 0 spiro atoms. The summed E-state index contributed by atoms with van der Waals surface area (Å²) in [7, 11) is 1.74. The Morgan fingerprint density at radius 1 is 1.40 bits per heavy atom. The molecule has 1 N–H and O–H groups in total. The fourth-order valence-corrected chi connectivity index (χ4v) is 2.70. The van der Waals surface area contributed by atoms with E-state index in [1.54, 1.807) is 24.1 Å². The Kier molecular flexibility index (Phi) is 5.88. The Labute approximate surface area is 151 Å². The fraction of sp³-hybridized carbons (Fsp3) is 0.471. The van der Waals surface area contributed by atoms with Gasteiger partial charge in [-0.3, -0.25) is 0 Å². The molecule has 134 valence electrons. The number of ether oxygens (including phenoxy) is 1. The number of urea groups is 1. The number of likely N-dealkylation sites (N-methyl/N-ethyl adjacent to an activating group) is 1. The van der Waals surface area contributed by atoms with Crippen LogP contribution in [0.25, 0.3) is 11.5 Å². The Hall–Kier alpha value is -2.12. The highest BCUT2D eigenvalue weighted by atomic mass is 35.5. The van der Waals surface area contributed by atoms with Crippen LogP contribution in [0.3, 0.4) is 0 Å². The standard InChI is InChI=1S/C17H21ClN4O3/c1-22(17(23)19-11-14-3-2-10-24-14)9-8-15-20-16(25-21-15)12-4-6-13(18)7-5-12/h4-7,14H,2-3,8-11H2,1H3,(H,19,23)/t14-/m0/s1. The van der Waals surface area contributed by atoms with E-state index < -0.39 is 0 Å². The second-order valence-electron chi connectivity index (χ2n) is 6.02. The number of nitrogens with one attached hydrogen (secondary N) is 1. The lowest BCUT2D eigenvalue weighted by atomic mass is 10.2. The van der Waals surface area contributed by atoms with E-state index in [4.69, 9.17) is 20.9 Å². The van der Waals surface area contributed by atoms with E-state index in [-0.39, 0.29) is 12.1 Å². The molecule has 1 saturated heterocycles. The Morgan fingerprint density at radius 2 is 2.20 bits per heavy atom. The van der Waals surface area contributed by atoms with Gasteiger partial charge < -0.3 is 19.5 Å². The van der Waals surface area contributed by atoms with Crippen molar-refractivity contribution >= 4 is 17.6 Å². The molecule has 25 heavy (non-hydrogen) atoms. The van der Waals surface area contributed by atoms with Crippen molar-refractivity contribution in [2.24, 2.45) is 0 Å². The molecule has 2 amide bonds. The third-order valence-electron chi connectivity index (χ3n) is 4.08. The molecule has 0 unspecified atom stereocenters. The van der Waals surface area contributed by atoms with Crippen LogP contribution in [0, 0.1) is 0 Å². The first-order chi connectivity index (χ1) is 12.1. The van der Waals surface area contributed by atoms with Crippen LogP contribution in [-0.2, 0) is 11.2 Å². The number of nitrogens with zero attached hydrogens (tertiary/aromatic N) is 3. The third-order valence-corrected chi connectivity index (χ3v) is 4.33. The minimum absolute atomic E-state index is 0.128. The predicted octanol–water partition coefficient (Wildman–Crippen LogP) is 2.75. The summed E-state index contributed by atoms with van der Waals surface area (Å²) in [6.45, 7) is 1.83. The first-order valence-electron chi connectivity index (χ1n) is 8.31. The molecule has 0 saturated carbocycles. The number of halogens is 1. The quantitative estimate of drug-likeness (QED) is 0.852. The zero-order valence-electron chi connectivity index (χ0n) is 14.1. The van der Waals surface area contributed by atoms with Crippen LogP contribution in [0.15, 0.2) is 28.8 Å². The maximum atomic E-state index is 12.1. The summed E-state index contributed by atoms with van der Waals surface area (Å²) in [6, 6.07) is 7.06. The minimum atomic E-state index is -0.128. The molecule has 0 bridgehead atoms. The molecule has 1 aromatic heterocycles. The molecule has 1 atom stereocenters. The number of amides is 2. The van der Waals surface area contributed by atoms with Gasteiger partial charge in [0, 0.05) is 43.8 Å². The van der Waals surface area contributed by atoms with E-state index in [9.17, 15) is 4.79 Å². The van der Waals surface area contributed by atoms with E-state index in [1.807, 2.05) is 12.1 Å². The number of carbonyl (C=O) groups is 1. The SMILES string of the molecule is CN(CCc1noc(-c2ccc(Cl)cc2)n1)C(=O)NC[C@@H]1CCCO1. The number of hydrogen-bond donors (Lipinski definition) is 1. The van der Waals surface area contributed by atoms with Crippen LogP contribution in [0.4, 0.5) is 4.79 Å². The number of hydrogen-bond acceptors (Lipinski definition) is 5. The van der Waals surface area contributed by atoms with Crippen molar-refractivity contribution < 1.29 is 14.1 Å². The van der Waals surface area contributed by atoms with Gasteiger partial charge in [0.25, 0.3) is 5.89 Å². The number of aromatic nitrogens is 2. The molecular weight excluding hydrogens is 344 g/mol. The molecule has 1 fully saturated rings. The minimum Gasteiger partial charge on any atom is -0.376 e. The van der Waals surface area contributed by atoms with Crippen LogP contribution in [0.2, 0.25) is 5.02 Å². The van der Waals surface area contributed by atoms with Gasteiger partial charge in [0.1, 0.15) is 0 Å². The smallest absolute Gasteiger partial charge is 0.317 e. The Morgan fingerprint density at radius 3 is 2.92 bits per heavy atom. The fourth-order valence-electron chi connectivity index (χ4n) is 2.58. The summed E-state index contributed by atoms with van der Waals surface area (Å²) >= 11 is 5.87. The summed E-state index contributed by atoms with van der Waals surface area (Å²) in [5.41, 5.74) is 0.811. The first-order valence-corrected chi connectivity index (χ1v) is 8.68. The highest BCUT2D eigenvalue weighted by molar-refractivity contribution is 6.30. The van der Waals surface area contributed by atoms with Gasteiger partial charge in [-0.15, -0.1) is 0 Å².